The van der Waals surface area contributed by atoms with Crippen molar-refractivity contribution < 1.29 is 37.4 Å². The van der Waals surface area contributed by atoms with E-state index in [-0.39, 0.29) is 11.0 Å². The number of nitrogens with zero attached hydrogens (tertiary/aromatic N) is 2. The number of carboxylic acid groups (broad SMARTS) is 1. The third kappa shape index (κ3) is 3.09. The minimum absolute atomic E-state index is 0.0870. The second-order valence-electron chi connectivity index (χ2n) is 5.38. The fourth-order valence-electron chi connectivity index (χ4n) is 2.56. The van der Waals surface area contributed by atoms with Crippen LogP contribution in [0.5, 0.6) is 0 Å². The molecule has 0 amide bonds. The van der Waals surface area contributed by atoms with E-state index in [1.807, 2.05) is 0 Å². The van der Waals surface area contributed by atoms with Crippen LogP contribution in [0, 0.1) is 0 Å². The van der Waals surface area contributed by atoms with E-state index >= 15 is 0 Å². The van der Waals surface area contributed by atoms with Crippen LogP contribution < -0.4 is 5.56 Å². The Bertz CT molecular complexity index is 1160. The lowest BCUT2D eigenvalue weighted by Gasteiger charge is -2.10. The zero-order valence-corrected chi connectivity index (χ0v) is 13.4. The first-order valence-electron chi connectivity index (χ1n) is 6.81. The van der Waals surface area contributed by atoms with Crippen molar-refractivity contribution >= 4 is 30.2 Å². The molecule has 2 heterocycles. The standard InChI is InChI=1S/C13H9F3N3O6P/c14-13(15,16)5-1-2-7-6(3-5)17-11(20)10-18-9(12(21)22)8(19(7)10)4-26(23,24)25/h1-3H,4H2,(H,17,20)(H,21,22)(H2,23,24,25). The van der Waals surface area contributed by atoms with Gasteiger partial charge in [-0.25, -0.2) is 9.78 Å². The normalized spacial score (nSPS) is 12.8. The van der Waals surface area contributed by atoms with Gasteiger partial charge in [0.2, 0.25) is 5.65 Å². The van der Waals surface area contributed by atoms with Gasteiger partial charge in [0.1, 0.15) is 0 Å². The number of rotatable bonds is 3. The van der Waals surface area contributed by atoms with Crippen LogP contribution in [0.15, 0.2) is 23.0 Å². The number of aromatic amines is 1. The van der Waals surface area contributed by atoms with Gasteiger partial charge in [-0.2, -0.15) is 13.2 Å². The number of nitrogens with one attached hydrogen (secondary N) is 1. The molecule has 26 heavy (non-hydrogen) atoms. The Hall–Kier alpha value is -2.69. The van der Waals surface area contributed by atoms with E-state index in [0.29, 0.717) is 12.1 Å². The number of aromatic carboxylic acids is 1. The number of hydrogen-bond acceptors (Lipinski definition) is 4. The van der Waals surface area contributed by atoms with Crippen LogP contribution in [0.4, 0.5) is 13.2 Å². The molecule has 0 bridgehead atoms. The molecule has 13 heteroatoms. The molecule has 0 aliphatic rings. The topological polar surface area (TPSA) is 145 Å². The van der Waals surface area contributed by atoms with Crippen LogP contribution in [-0.2, 0) is 16.9 Å². The number of carboxylic acids is 1. The zero-order chi connectivity index (χ0) is 19.4. The fraction of sp³-hybridized carbons (Fsp3) is 0.154. The lowest BCUT2D eigenvalue weighted by Crippen LogP contribution is -2.13. The Balaban J connectivity index is 2.46. The minimum atomic E-state index is -4.77. The molecule has 138 valence electrons. The van der Waals surface area contributed by atoms with Gasteiger partial charge in [0.05, 0.1) is 28.5 Å². The van der Waals surface area contributed by atoms with Crippen LogP contribution in [-0.4, -0.2) is 35.2 Å². The lowest BCUT2D eigenvalue weighted by atomic mass is 10.2. The molecule has 0 saturated heterocycles. The van der Waals surface area contributed by atoms with Crippen molar-refractivity contribution in [3.63, 3.8) is 0 Å². The predicted molar refractivity (Wildman–Crippen MR) is 81.0 cm³/mol. The molecule has 0 aliphatic heterocycles. The van der Waals surface area contributed by atoms with Gasteiger partial charge in [-0.05, 0) is 18.2 Å². The summed E-state index contributed by atoms with van der Waals surface area (Å²) in [5, 5.41) is 9.19. The minimum Gasteiger partial charge on any atom is -0.476 e. The first kappa shape index (κ1) is 18.1. The first-order chi connectivity index (χ1) is 11.9. The quantitative estimate of drug-likeness (QED) is 0.496. The molecule has 4 N–H and O–H groups in total. The van der Waals surface area contributed by atoms with Gasteiger partial charge in [-0.15, -0.1) is 0 Å². The van der Waals surface area contributed by atoms with Crippen LogP contribution in [0.25, 0.3) is 16.7 Å². The summed E-state index contributed by atoms with van der Waals surface area (Å²) in [4.78, 5) is 47.5. The van der Waals surface area contributed by atoms with E-state index in [1.54, 1.807) is 0 Å². The van der Waals surface area contributed by atoms with E-state index < -0.39 is 54.1 Å². The highest BCUT2D eigenvalue weighted by atomic mass is 31.2. The maximum atomic E-state index is 12.9. The Labute approximate surface area is 140 Å². The molecular weight excluding hydrogens is 382 g/mol. The van der Waals surface area contributed by atoms with Gasteiger partial charge in [0.15, 0.2) is 5.69 Å². The van der Waals surface area contributed by atoms with E-state index in [9.17, 15) is 42.2 Å². The lowest BCUT2D eigenvalue weighted by molar-refractivity contribution is -0.137. The number of H-pyrrole nitrogens is 1. The summed E-state index contributed by atoms with van der Waals surface area (Å²) in [5.74, 6) is -1.64. The number of aromatic nitrogens is 3. The molecule has 0 saturated carbocycles. The molecule has 1 aromatic carbocycles. The van der Waals surface area contributed by atoms with Crippen molar-refractivity contribution in [3.8, 4) is 0 Å². The van der Waals surface area contributed by atoms with Crippen molar-refractivity contribution in [1.29, 1.82) is 0 Å². The molecule has 2 aromatic heterocycles. The van der Waals surface area contributed by atoms with Crippen LogP contribution in [0.2, 0.25) is 0 Å². The number of carbonyl (C=O) groups is 1. The van der Waals surface area contributed by atoms with Crippen molar-refractivity contribution in [3.05, 3.63) is 45.5 Å². The van der Waals surface area contributed by atoms with Gasteiger partial charge < -0.3 is 19.9 Å². The molecule has 0 unspecified atom stereocenters. The van der Waals surface area contributed by atoms with Crippen molar-refractivity contribution in [2.75, 3.05) is 0 Å². The molecule has 0 fully saturated rings. The van der Waals surface area contributed by atoms with Crippen molar-refractivity contribution in [2.45, 2.75) is 12.3 Å². The van der Waals surface area contributed by atoms with Crippen molar-refractivity contribution in [1.82, 2.24) is 14.4 Å². The first-order valence-corrected chi connectivity index (χ1v) is 8.60. The third-order valence-corrected chi connectivity index (χ3v) is 4.26. The third-order valence-electron chi connectivity index (χ3n) is 3.55. The Morgan fingerprint density at radius 3 is 2.50 bits per heavy atom. The highest BCUT2D eigenvalue weighted by Crippen LogP contribution is 2.40. The number of hydrogen-bond donors (Lipinski definition) is 4. The Kier molecular flexibility index (Phi) is 3.94. The summed E-state index contributed by atoms with van der Waals surface area (Å²) in [7, 11) is -4.77. The Morgan fingerprint density at radius 2 is 1.96 bits per heavy atom. The molecule has 9 nitrogen and oxygen atoms in total. The van der Waals surface area contributed by atoms with E-state index in [2.05, 4.69) is 9.97 Å². The second-order valence-corrected chi connectivity index (χ2v) is 7.02. The van der Waals surface area contributed by atoms with Gasteiger partial charge >= 0.3 is 19.7 Å². The average molecular weight is 391 g/mol. The molecular formula is C13H9F3N3O6P. The number of halogens is 3. The largest absolute Gasteiger partial charge is 0.476 e. The van der Waals surface area contributed by atoms with Gasteiger partial charge in [-0.3, -0.25) is 13.8 Å². The maximum Gasteiger partial charge on any atom is 0.416 e. The molecule has 0 spiro atoms. The summed E-state index contributed by atoms with van der Waals surface area (Å²) in [5.41, 5.74) is -4.21. The summed E-state index contributed by atoms with van der Waals surface area (Å²) >= 11 is 0. The molecule has 3 aromatic rings. The number of imidazole rings is 1. The predicted octanol–water partition coefficient (Wildman–Crippen LogP) is 1.57. The van der Waals surface area contributed by atoms with E-state index in [1.165, 1.54) is 0 Å². The molecule has 0 radical (unpaired) electrons. The number of benzene rings is 1. The van der Waals surface area contributed by atoms with Gasteiger partial charge in [0.25, 0.3) is 5.56 Å². The van der Waals surface area contributed by atoms with Crippen LogP contribution in [0.1, 0.15) is 21.7 Å². The van der Waals surface area contributed by atoms with Crippen LogP contribution >= 0.6 is 7.60 Å². The number of fused-ring (bicyclic) bond motifs is 3. The smallest absolute Gasteiger partial charge is 0.416 e. The van der Waals surface area contributed by atoms with Crippen LogP contribution in [0.3, 0.4) is 0 Å². The van der Waals surface area contributed by atoms with E-state index in [0.717, 1.165) is 10.5 Å². The summed E-state index contributed by atoms with van der Waals surface area (Å²) < 4.78 is 50.7. The second kappa shape index (κ2) is 5.66. The zero-order valence-electron chi connectivity index (χ0n) is 12.5. The van der Waals surface area contributed by atoms with E-state index in [4.69, 9.17) is 0 Å². The van der Waals surface area contributed by atoms with Crippen molar-refractivity contribution in [2.24, 2.45) is 0 Å². The molecule has 0 atom stereocenters. The molecule has 3 rings (SSSR count). The average Bonchev–Trinajstić information content (AvgIpc) is 2.84. The SMILES string of the molecule is O=C(O)c1nc2c(=O)[nH]c3cc(C(F)(F)F)ccc3n2c1CP(=O)(O)O. The summed E-state index contributed by atoms with van der Waals surface area (Å²) in [6.07, 6.45) is -5.74. The van der Waals surface area contributed by atoms with Gasteiger partial charge in [-0.1, -0.05) is 0 Å². The summed E-state index contributed by atoms with van der Waals surface area (Å²) in [6, 6.07) is 2.29. The Morgan fingerprint density at radius 1 is 1.31 bits per heavy atom. The maximum absolute atomic E-state index is 12.9. The summed E-state index contributed by atoms with van der Waals surface area (Å²) in [6.45, 7) is 0. The number of alkyl halides is 3. The highest BCUT2D eigenvalue weighted by Gasteiger charge is 2.32. The fourth-order valence-corrected chi connectivity index (χ4v) is 3.25. The molecule has 0 aliphatic carbocycles. The monoisotopic (exact) mass is 391 g/mol. The highest BCUT2D eigenvalue weighted by molar-refractivity contribution is 7.50. The van der Waals surface area contributed by atoms with Gasteiger partial charge in [0, 0.05) is 0 Å².